The van der Waals surface area contributed by atoms with Crippen LogP contribution in [-0.2, 0) is 9.53 Å². The summed E-state index contributed by atoms with van der Waals surface area (Å²) >= 11 is 0. The average molecular weight is 327 g/mol. The molecular weight excluding hydrogens is 310 g/mol. The monoisotopic (exact) mass is 327 g/mol. The maximum Gasteiger partial charge on any atom is 0.342 e. The first-order chi connectivity index (χ1) is 11.5. The highest BCUT2D eigenvalue weighted by Crippen LogP contribution is 2.13. The smallest absolute Gasteiger partial charge is 0.342 e. The Morgan fingerprint density at radius 1 is 1.42 bits per heavy atom. The number of pyridine rings is 1. The van der Waals surface area contributed by atoms with Crippen molar-refractivity contribution in [1.82, 2.24) is 19.7 Å². The largest absolute Gasteiger partial charge is 0.452 e. The Labute approximate surface area is 139 Å². The molecule has 8 heteroatoms. The summed E-state index contributed by atoms with van der Waals surface area (Å²) in [4.78, 5) is 29.5. The third kappa shape index (κ3) is 3.95. The van der Waals surface area contributed by atoms with Gasteiger partial charge in [-0.25, -0.2) is 14.5 Å². The number of likely N-dealkylation sites (N-methyl/N-ethyl adjacent to an activating group) is 1. The fourth-order valence-electron chi connectivity index (χ4n) is 1.98. The number of hydrogen-bond donors (Lipinski definition) is 0. The summed E-state index contributed by atoms with van der Waals surface area (Å²) in [6, 6.07) is 7.32. The standard InChI is InChI=1S/C16H17N5O3/c1-12-13(10-19-21(12)14-6-3-4-8-18-14)16(23)24-11-15(22)20(2)9-5-7-17/h3-4,6,8,10H,5,9,11H2,1-2H3. The second kappa shape index (κ2) is 7.87. The molecule has 0 atom stereocenters. The van der Waals surface area contributed by atoms with Crippen molar-refractivity contribution in [3.05, 3.63) is 41.9 Å². The van der Waals surface area contributed by atoms with Gasteiger partial charge >= 0.3 is 5.97 Å². The first kappa shape index (κ1) is 17.1. The minimum absolute atomic E-state index is 0.228. The summed E-state index contributed by atoms with van der Waals surface area (Å²) in [5, 5.41) is 12.6. The first-order valence-corrected chi connectivity index (χ1v) is 7.28. The normalized spacial score (nSPS) is 10.0. The van der Waals surface area contributed by atoms with Gasteiger partial charge in [0.15, 0.2) is 12.4 Å². The van der Waals surface area contributed by atoms with Crippen molar-refractivity contribution in [3.63, 3.8) is 0 Å². The number of carbonyl (C=O) groups is 2. The van der Waals surface area contributed by atoms with E-state index < -0.39 is 5.97 Å². The SMILES string of the molecule is Cc1c(C(=O)OCC(=O)N(C)CCC#N)cnn1-c1ccccn1. The van der Waals surface area contributed by atoms with E-state index in [0.717, 1.165) is 0 Å². The van der Waals surface area contributed by atoms with Crippen molar-refractivity contribution in [1.29, 1.82) is 5.26 Å². The van der Waals surface area contributed by atoms with E-state index in [1.807, 2.05) is 12.1 Å². The van der Waals surface area contributed by atoms with E-state index in [-0.39, 0.29) is 24.5 Å². The van der Waals surface area contributed by atoms with Crippen LogP contribution in [0.25, 0.3) is 5.82 Å². The molecule has 124 valence electrons. The van der Waals surface area contributed by atoms with Crippen LogP contribution >= 0.6 is 0 Å². The van der Waals surface area contributed by atoms with Crippen LogP contribution in [0.2, 0.25) is 0 Å². The Hall–Kier alpha value is -3.21. The number of esters is 1. The van der Waals surface area contributed by atoms with Crippen LogP contribution < -0.4 is 0 Å². The predicted molar refractivity (Wildman–Crippen MR) is 84.2 cm³/mol. The Balaban J connectivity index is 2.00. The third-order valence-electron chi connectivity index (χ3n) is 3.41. The molecule has 0 N–H and O–H groups in total. The minimum Gasteiger partial charge on any atom is -0.452 e. The quantitative estimate of drug-likeness (QED) is 0.737. The maximum absolute atomic E-state index is 12.1. The molecule has 0 fully saturated rings. The number of nitrogens with zero attached hydrogens (tertiary/aromatic N) is 5. The number of aromatic nitrogens is 3. The van der Waals surface area contributed by atoms with E-state index >= 15 is 0 Å². The lowest BCUT2D eigenvalue weighted by Crippen LogP contribution is -2.32. The molecule has 2 heterocycles. The summed E-state index contributed by atoms with van der Waals surface area (Å²) < 4.78 is 6.56. The van der Waals surface area contributed by atoms with E-state index in [9.17, 15) is 9.59 Å². The van der Waals surface area contributed by atoms with E-state index in [2.05, 4.69) is 10.1 Å². The molecule has 0 aromatic carbocycles. The lowest BCUT2D eigenvalue weighted by Gasteiger charge is -2.15. The van der Waals surface area contributed by atoms with Gasteiger partial charge < -0.3 is 9.64 Å². The van der Waals surface area contributed by atoms with E-state index in [0.29, 0.717) is 18.1 Å². The number of rotatable bonds is 6. The molecule has 0 radical (unpaired) electrons. The molecule has 0 aliphatic carbocycles. The van der Waals surface area contributed by atoms with Crippen molar-refractivity contribution in [2.45, 2.75) is 13.3 Å². The van der Waals surface area contributed by atoms with Gasteiger partial charge in [-0.3, -0.25) is 4.79 Å². The zero-order chi connectivity index (χ0) is 17.5. The second-order valence-corrected chi connectivity index (χ2v) is 5.04. The molecular formula is C16H17N5O3. The fourth-order valence-corrected chi connectivity index (χ4v) is 1.98. The van der Waals surface area contributed by atoms with Crippen molar-refractivity contribution >= 4 is 11.9 Å². The highest BCUT2D eigenvalue weighted by Gasteiger charge is 2.19. The molecule has 2 aromatic heterocycles. The summed E-state index contributed by atoms with van der Waals surface area (Å²) in [5.74, 6) is -0.411. The fraction of sp³-hybridized carbons (Fsp3) is 0.312. The Morgan fingerprint density at radius 3 is 2.88 bits per heavy atom. The average Bonchev–Trinajstić information content (AvgIpc) is 2.99. The van der Waals surface area contributed by atoms with Crippen molar-refractivity contribution in [3.8, 4) is 11.9 Å². The molecule has 8 nitrogen and oxygen atoms in total. The molecule has 24 heavy (non-hydrogen) atoms. The van der Waals surface area contributed by atoms with Gasteiger partial charge in [0.1, 0.15) is 5.56 Å². The number of amides is 1. The molecule has 2 aromatic rings. The van der Waals surface area contributed by atoms with Crippen molar-refractivity contribution < 1.29 is 14.3 Å². The van der Waals surface area contributed by atoms with Crippen LogP contribution in [0.1, 0.15) is 22.5 Å². The van der Waals surface area contributed by atoms with Gasteiger partial charge in [0.2, 0.25) is 0 Å². The minimum atomic E-state index is -0.628. The van der Waals surface area contributed by atoms with Crippen LogP contribution in [0, 0.1) is 18.3 Å². The van der Waals surface area contributed by atoms with E-state index in [1.165, 1.54) is 15.8 Å². The lowest BCUT2D eigenvalue weighted by molar-refractivity contribution is -0.133. The Kier molecular flexibility index (Phi) is 5.63. The number of hydrogen-bond acceptors (Lipinski definition) is 6. The predicted octanol–water partition coefficient (Wildman–Crippen LogP) is 1.10. The van der Waals surface area contributed by atoms with Gasteiger partial charge in [0.25, 0.3) is 5.91 Å². The third-order valence-corrected chi connectivity index (χ3v) is 3.41. The summed E-state index contributed by atoms with van der Waals surface area (Å²) in [5.41, 5.74) is 0.845. The summed E-state index contributed by atoms with van der Waals surface area (Å²) in [6.45, 7) is 1.64. The van der Waals surface area contributed by atoms with Gasteiger partial charge in [0.05, 0.1) is 24.4 Å². The topological polar surface area (TPSA) is 101 Å². The lowest BCUT2D eigenvalue weighted by atomic mass is 10.2. The van der Waals surface area contributed by atoms with Crippen molar-refractivity contribution in [2.24, 2.45) is 0 Å². The molecule has 0 spiro atoms. The van der Waals surface area contributed by atoms with Gasteiger partial charge in [-0.05, 0) is 19.1 Å². The van der Waals surface area contributed by atoms with Crippen molar-refractivity contribution in [2.75, 3.05) is 20.2 Å². The van der Waals surface area contributed by atoms with Crippen LogP contribution in [0.15, 0.2) is 30.6 Å². The molecule has 0 bridgehead atoms. The highest BCUT2D eigenvalue weighted by atomic mass is 16.5. The highest BCUT2D eigenvalue weighted by molar-refractivity contribution is 5.92. The van der Waals surface area contributed by atoms with Gasteiger partial charge in [-0.2, -0.15) is 10.4 Å². The first-order valence-electron chi connectivity index (χ1n) is 7.28. The molecule has 0 aliphatic heterocycles. The maximum atomic E-state index is 12.1. The zero-order valence-electron chi connectivity index (χ0n) is 13.5. The zero-order valence-corrected chi connectivity index (χ0v) is 13.5. The summed E-state index contributed by atoms with van der Waals surface area (Å²) in [6.07, 6.45) is 3.24. The van der Waals surface area contributed by atoms with E-state index in [1.54, 1.807) is 32.3 Å². The number of carbonyl (C=O) groups excluding carboxylic acids is 2. The number of ether oxygens (including phenoxy) is 1. The van der Waals surface area contributed by atoms with Gasteiger partial charge in [-0.15, -0.1) is 0 Å². The molecule has 1 amide bonds. The molecule has 0 saturated heterocycles. The Morgan fingerprint density at radius 2 is 2.21 bits per heavy atom. The van der Waals surface area contributed by atoms with Crippen LogP contribution in [0.3, 0.4) is 0 Å². The molecule has 0 unspecified atom stereocenters. The number of nitriles is 1. The summed E-state index contributed by atoms with van der Waals surface area (Å²) in [7, 11) is 1.55. The van der Waals surface area contributed by atoms with E-state index in [4.69, 9.17) is 10.00 Å². The molecule has 0 saturated carbocycles. The van der Waals surface area contributed by atoms with Gasteiger partial charge in [-0.1, -0.05) is 6.07 Å². The van der Waals surface area contributed by atoms with Crippen LogP contribution in [0.4, 0.5) is 0 Å². The van der Waals surface area contributed by atoms with Crippen LogP contribution in [-0.4, -0.2) is 51.7 Å². The molecule has 0 aliphatic rings. The Bertz CT molecular complexity index is 764. The second-order valence-electron chi connectivity index (χ2n) is 5.04. The van der Waals surface area contributed by atoms with Crippen LogP contribution in [0.5, 0.6) is 0 Å². The molecule has 2 rings (SSSR count). The van der Waals surface area contributed by atoms with Gasteiger partial charge in [0, 0.05) is 19.8 Å².